The fourth-order valence-corrected chi connectivity index (χ4v) is 4.62. The average molecular weight is 433 g/mol. The van der Waals surface area contributed by atoms with Gasteiger partial charge in [-0.25, -0.2) is 9.97 Å². The summed E-state index contributed by atoms with van der Waals surface area (Å²) >= 11 is 1.64. The summed E-state index contributed by atoms with van der Waals surface area (Å²) in [5, 5.41) is 4.58. The first-order valence-electron chi connectivity index (χ1n) is 10.3. The van der Waals surface area contributed by atoms with Gasteiger partial charge in [-0.1, -0.05) is 6.08 Å². The molecule has 0 unspecified atom stereocenters. The first-order valence-corrected chi connectivity index (χ1v) is 11.1. The van der Waals surface area contributed by atoms with Crippen molar-refractivity contribution < 1.29 is 4.79 Å². The number of anilines is 2. The van der Waals surface area contributed by atoms with E-state index in [2.05, 4.69) is 38.5 Å². The molecule has 158 valence electrons. The van der Waals surface area contributed by atoms with E-state index in [9.17, 15) is 4.79 Å². The van der Waals surface area contributed by atoms with Crippen LogP contribution in [0, 0.1) is 0 Å². The fraction of sp³-hybridized carbons (Fsp3) is 0.261. The summed E-state index contributed by atoms with van der Waals surface area (Å²) in [5.74, 6) is 0.169. The van der Waals surface area contributed by atoms with Gasteiger partial charge in [0, 0.05) is 36.1 Å². The number of amides is 1. The molecule has 8 heteroatoms. The van der Waals surface area contributed by atoms with Gasteiger partial charge < -0.3 is 20.1 Å². The smallest absolute Gasteiger partial charge is 0.237 e. The summed E-state index contributed by atoms with van der Waals surface area (Å²) in [5.41, 5.74) is 8.06. The molecule has 0 atom stereocenters. The lowest BCUT2D eigenvalue weighted by Gasteiger charge is -2.27. The van der Waals surface area contributed by atoms with Crippen molar-refractivity contribution in [2.75, 3.05) is 39.0 Å². The van der Waals surface area contributed by atoms with Crippen molar-refractivity contribution in [3.05, 3.63) is 53.8 Å². The highest BCUT2D eigenvalue weighted by Crippen LogP contribution is 2.31. The summed E-state index contributed by atoms with van der Waals surface area (Å²) in [6.07, 6.45) is 4.79. The third-order valence-electron chi connectivity index (χ3n) is 5.50. The number of H-pyrrole nitrogens is 1. The molecule has 0 spiro atoms. The number of hydrogen-bond acceptors (Lipinski definition) is 6. The lowest BCUT2D eigenvalue weighted by Crippen LogP contribution is -2.40. The Morgan fingerprint density at radius 3 is 2.97 bits per heavy atom. The molecule has 1 amide bonds. The molecular weight excluding hydrogens is 408 g/mol. The molecule has 4 heterocycles. The molecule has 5 rings (SSSR count). The van der Waals surface area contributed by atoms with Crippen molar-refractivity contribution in [2.45, 2.75) is 6.42 Å². The van der Waals surface area contributed by atoms with Crippen LogP contribution in [0.4, 0.5) is 11.4 Å². The van der Waals surface area contributed by atoms with Crippen LogP contribution in [0.5, 0.6) is 0 Å². The number of benzene rings is 1. The zero-order chi connectivity index (χ0) is 21.4. The number of pyridine rings is 1. The molecule has 7 nitrogen and oxygen atoms in total. The largest absolute Gasteiger partial charge is 0.355 e. The van der Waals surface area contributed by atoms with Crippen molar-refractivity contribution in [3.8, 4) is 0 Å². The van der Waals surface area contributed by atoms with Crippen LogP contribution >= 0.6 is 11.3 Å². The summed E-state index contributed by atoms with van der Waals surface area (Å²) < 4.78 is 1.16. The average Bonchev–Trinajstić information content (AvgIpc) is 3.40. The van der Waals surface area contributed by atoms with Gasteiger partial charge in [-0.3, -0.25) is 4.79 Å². The Balaban J connectivity index is 1.38. The number of hydrogen-bond donors (Lipinski definition) is 2. The highest BCUT2D eigenvalue weighted by molar-refractivity contribution is 7.16. The molecule has 0 radical (unpaired) electrons. The Labute approximate surface area is 184 Å². The normalized spacial score (nSPS) is 14.4. The van der Waals surface area contributed by atoms with E-state index in [4.69, 9.17) is 0 Å². The molecule has 0 bridgehead atoms. The molecule has 2 N–H and O–H groups in total. The Kier molecular flexibility index (Phi) is 5.17. The van der Waals surface area contributed by atoms with Crippen molar-refractivity contribution in [3.63, 3.8) is 0 Å². The Hall–Kier alpha value is -3.23. The number of carbonyl (C=O) groups is 1. The van der Waals surface area contributed by atoms with Crippen LogP contribution in [0.3, 0.4) is 0 Å². The first kappa shape index (κ1) is 19.7. The highest BCUT2D eigenvalue weighted by atomic mass is 32.1. The minimum absolute atomic E-state index is 0.169. The highest BCUT2D eigenvalue weighted by Gasteiger charge is 2.19. The standard InChI is InChI=1S/C23H24N6OS/c1-28(2)13-22(30)29-9-6-15(7-10-29)20-12-17-18(5-8-24-23(17)27-20)26-16-3-4-19-21(11-16)31-14-25-19/h3-6,8,11-12,14H,7,9-10,13H2,1-2H3,(H2,24,26,27). The van der Waals surface area contributed by atoms with Gasteiger partial charge >= 0.3 is 0 Å². The molecule has 31 heavy (non-hydrogen) atoms. The number of fused-ring (bicyclic) bond motifs is 2. The third kappa shape index (κ3) is 4.04. The molecule has 3 aromatic heterocycles. The van der Waals surface area contributed by atoms with Crippen LogP contribution in [0.15, 0.2) is 48.1 Å². The van der Waals surface area contributed by atoms with Crippen molar-refractivity contribution in [1.82, 2.24) is 24.8 Å². The topological polar surface area (TPSA) is 77.2 Å². The molecule has 1 aromatic carbocycles. The van der Waals surface area contributed by atoms with E-state index in [-0.39, 0.29) is 5.91 Å². The zero-order valence-electron chi connectivity index (χ0n) is 17.6. The number of thiazole rings is 1. The number of aromatic nitrogens is 3. The van der Waals surface area contributed by atoms with E-state index < -0.39 is 0 Å². The van der Waals surface area contributed by atoms with Gasteiger partial charge in [0.25, 0.3) is 0 Å². The van der Waals surface area contributed by atoms with Gasteiger partial charge in [-0.05, 0) is 56.4 Å². The minimum Gasteiger partial charge on any atom is -0.355 e. The Morgan fingerprint density at radius 1 is 1.26 bits per heavy atom. The maximum atomic E-state index is 12.3. The van der Waals surface area contributed by atoms with Crippen molar-refractivity contribution >= 4 is 55.4 Å². The maximum Gasteiger partial charge on any atom is 0.237 e. The monoisotopic (exact) mass is 432 g/mol. The van der Waals surface area contributed by atoms with E-state index in [1.54, 1.807) is 11.3 Å². The minimum atomic E-state index is 0.169. The van der Waals surface area contributed by atoms with Crippen molar-refractivity contribution in [1.29, 1.82) is 0 Å². The molecule has 4 aromatic rings. The van der Waals surface area contributed by atoms with Gasteiger partial charge in [-0.15, -0.1) is 11.3 Å². The van der Waals surface area contributed by atoms with Crippen LogP contribution < -0.4 is 5.32 Å². The number of aromatic amines is 1. The SMILES string of the molecule is CN(C)CC(=O)N1CC=C(c2cc3c(Nc4ccc5ncsc5c4)ccnc3[nH]2)CC1. The zero-order valence-corrected chi connectivity index (χ0v) is 18.4. The van der Waals surface area contributed by atoms with Crippen molar-refractivity contribution in [2.24, 2.45) is 0 Å². The molecule has 0 fully saturated rings. The number of carbonyl (C=O) groups excluding carboxylic acids is 1. The Bertz CT molecular complexity index is 1290. The summed E-state index contributed by atoms with van der Waals surface area (Å²) in [7, 11) is 3.84. The summed E-state index contributed by atoms with van der Waals surface area (Å²) in [6.45, 7) is 1.83. The number of likely N-dealkylation sites (N-methyl/N-ethyl adjacent to an activating group) is 1. The molecule has 0 saturated carbocycles. The quantitative estimate of drug-likeness (QED) is 0.497. The van der Waals surface area contributed by atoms with Crippen LogP contribution in [0.1, 0.15) is 12.1 Å². The van der Waals surface area contributed by atoms with Gasteiger partial charge in [0.2, 0.25) is 5.91 Å². The molecule has 0 saturated heterocycles. The number of nitrogens with zero attached hydrogens (tertiary/aromatic N) is 4. The summed E-state index contributed by atoms with van der Waals surface area (Å²) in [6, 6.07) is 10.3. The van der Waals surface area contributed by atoms with Gasteiger partial charge in [0.05, 0.1) is 28.0 Å². The van der Waals surface area contributed by atoms with E-state index in [0.717, 1.165) is 51.3 Å². The second kappa shape index (κ2) is 8.13. The molecule has 1 aliphatic heterocycles. The maximum absolute atomic E-state index is 12.3. The second-order valence-corrected chi connectivity index (χ2v) is 8.91. The van der Waals surface area contributed by atoms with Gasteiger partial charge in [0.15, 0.2) is 0 Å². The predicted octanol–water partition coefficient (Wildman–Crippen LogP) is 4.09. The van der Waals surface area contributed by atoms with E-state index >= 15 is 0 Å². The number of rotatable bonds is 5. The molecule has 1 aliphatic rings. The number of nitrogens with one attached hydrogen (secondary N) is 2. The van der Waals surface area contributed by atoms with E-state index in [1.807, 2.05) is 53.8 Å². The second-order valence-electron chi connectivity index (χ2n) is 8.02. The van der Waals surface area contributed by atoms with Crippen LogP contribution in [-0.4, -0.2) is 64.4 Å². The Morgan fingerprint density at radius 2 is 2.16 bits per heavy atom. The molecule has 0 aliphatic carbocycles. The molecular formula is C23H24N6OS. The van der Waals surface area contributed by atoms with Gasteiger partial charge in [-0.2, -0.15) is 0 Å². The third-order valence-corrected chi connectivity index (χ3v) is 6.29. The van der Waals surface area contributed by atoms with E-state index in [0.29, 0.717) is 13.1 Å². The van der Waals surface area contributed by atoms with Crippen LogP contribution in [0.25, 0.3) is 26.8 Å². The van der Waals surface area contributed by atoms with Gasteiger partial charge in [0.1, 0.15) is 5.65 Å². The lowest BCUT2D eigenvalue weighted by atomic mass is 10.0. The van der Waals surface area contributed by atoms with E-state index in [1.165, 1.54) is 5.57 Å². The van der Waals surface area contributed by atoms with Crippen LogP contribution in [0.2, 0.25) is 0 Å². The van der Waals surface area contributed by atoms with Crippen LogP contribution in [-0.2, 0) is 4.79 Å². The lowest BCUT2D eigenvalue weighted by molar-refractivity contribution is -0.131. The first-order chi connectivity index (χ1) is 15.1. The summed E-state index contributed by atoms with van der Waals surface area (Å²) in [4.78, 5) is 28.4. The predicted molar refractivity (Wildman–Crippen MR) is 127 cm³/mol. The fourth-order valence-electron chi connectivity index (χ4n) is 3.91.